The molecule has 0 aliphatic carbocycles. The number of ketones is 1. The first-order valence-electron chi connectivity index (χ1n) is 7.98. The lowest BCUT2D eigenvalue weighted by Gasteiger charge is -2.27. The van der Waals surface area contributed by atoms with Gasteiger partial charge in [0.25, 0.3) is 0 Å². The molecule has 24 heavy (non-hydrogen) atoms. The molecule has 0 saturated carbocycles. The Bertz CT molecular complexity index is 637. The molecule has 2 rings (SSSR count). The van der Waals surface area contributed by atoms with Crippen LogP contribution in [-0.4, -0.2) is 35.2 Å². The number of rotatable bonds is 4. The third kappa shape index (κ3) is 4.56. The maximum atomic E-state index is 13.6. The van der Waals surface area contributed by atoms with Gasteiger partial charge in [-0.3, -0.25) is 9.59 Å². The predicted molar refractivity (Wildman–Crippen MR) is 82.6 cm³/mol. The minimum Gasteiger partial charge on any atom is -0.333 e. The monoisotopic (exact) mass is 342 g/mol. The number of likely N-dealkylation sites (tertiary alicyclic amines) is 1. The van der Waals surface area contributed by atoms with Gasteiger partial charge >= 0.3 is 0 Å². The van der Waals surface area contributed by atoms with Crippen molar-refractivity contribution in [1.82, 2.24) is 4.90 Å². The average Bonchev–Trinajstić information content (AvgIpc) is 2.66. The summed E-state index contributed by atoms with van der Waals surface area (Å²) < 4.78 is 39.8. The third-order valence-corrected chi connectivity index (χ3v) is 4.28. The zero-order valence-electron chi connectivity index (χ0n) is 13.5. The van der Waals surface area contributed by atoms with Gasteiger partial charge in [0.1, 0.15) is 5.82 Å². The van der Waals surface area contributed by atoms with Gasteiger partial charge in [0.05, 0.1) is 6.54 Å². The second kappa shape index (κ2) is 7.79. The van der Waals surface area contributed by atoms with E-state index in [4.69, 9.17) is 5.73 Å². The number of hydrogen-bond donors (Lipinski definition) is 1. The van der Waals surface area contributed by atoms with Crippen LogP contribution in [0.5, 0.6) is 0 Å². The van der Waals surface area contributed by atoms with Crippen LogP contribution in [0.2, 0.25) is 0 Å². The average molecular weight is 342 g/mol. The first kappa shape index (κ1) is 18.4. The molecule has 4 nitrogen and oxygen atoms in total. The fourth-order valence-electron chi connectivity index (χ4n) is 2.93. The van der Waals surface area contributed by atoms with E-state index in [1.54, 1.807) is 0 Å². The van der Waals surface area contributed by atoms with Crippen LogP contribution in [0.1, 0.15) is 38.2 Å². The molecule has 132 valence electrons. The molecular formula is C17H21F3N2O2. The molecule has 0 radical (unpaired) electrons. The van der Waals surface area contributed by atoms with Gasteiger partial charge in [-0.1, -0.05) is 0 Å². The van der Waals surface area contributed by atoms with E-state index in [9.17, 15) is 22.8 Å². The number of nitrogens with zero attached hydrogens (tertiary/aromatic N) is 1. The quantitative estimate of drug-likeness (QED) is 0.854. The fourth-order valence-corrected chi connectivity index (χ4v) is 2.93. The van der Waals surface area contributed by atoms with Crippen molar-refractivity contribution >= 4 is 11.7 Å². The molecule has 2 N–H and O–H groups in total. The minimum absolute atomic E-state index is 0.00733. The van der Waals surface area contributed by atoms with E-state index in [0.29, 0.717) is 12.5 Å². The molecule has 1 saturated heterocycles. The van der Waals surface area contributed by atoms with Crippen LogP contribution in [0.3, 0.4) is 0 Å². The summed E-state index contributed by atoms with van der Waals surface area (Å²) in [7, 11) is 0. The van der Waals surface area contributed by atoms with Crippen LogP contribution in [0, 0.1) is 17.5 Å². The second-order valence-corrected chi connectivity index (χ2v) is 6.33. The number of hydrogen-bond acceptors (Lipinski definition) is 3. The molecule has 1 aliphatic heterocycles. The predicted octanol–water partition coefficient (Wildman–Crippen LogP) is 2.33. The van der Waals surface area contributed by atoms with Crippen LogP contribution in [-0.2, 0) is 16.0 Å². The Morgan fingerprint density at radius 1 is 1.29 bits per heavy atom. The first-order valence-corrected chi connectivity index (χ1v) is 7.98. The van der Waals surface area contributed by atoms with Gasteiger partial charge in [-0.2, -0.15) is 0 Å². The van der Waals surface area contributed by atoms with E-state index in [1.165, 1.54) is 4.90 Å². The summed E-state index contributed by atoms with van der Waals surface area (Å²) in [5, 5.41) is 0. The lowest BCUT2D eigenvalue weighted by molar-refractivity contribution is -0.136. The summed E-state index contributed by atoms with van der Waals surface area (Å²) in [6, 6.07) is 0.417. The lowest BCUT2D eigenvalue weighted by Crippen LogP contribution is -2.43. The summed E-state index contributed by atoms with van der Waals surface area (Å²) in [4.78, 5) is 25.6. The number of nitrogens with two attached hydrogens (primary N) is 1. The molecule has 1 aromatic rings. The molecule has 1 aliphatic rings. The minimum atomic E-state index is -1.27. The molecular weight excluding hydrogens is 321 g/mol. The molecule has 2 atom stereocenters. The van der Waals surface area contributed by atoms with Gasteiger partial charge in [0, 0.05) is 31.0 Å². The zero-order chi connectivity index (χ0) is 17.9. The first-order chi connectivity index (χ1) is 11.3. The Hall–Kier alpha value is -1.89. The van der Waals surface area contributed by atoms with Gasteiger partial charge < -0.3 is 10.6 Å². The Labute approximate surface area is 138 Å². The Kier molecular flexibility index (Phi) is 5.99. The molecule has 1 heterocycles. The Morgan fingerprint density at radius 2 is 1.96 bits per heavy atom. The van der Waals surface area contributed by atoms with Crippen LogP contribution in [0.25, 0.3) is 0 Å². The zero-order valence-corrected chi connectivity index (χ0v) is 13.5. The van der Waals surface area contributed by atoms with Crippen molar-refractivity contribution in [3.63, 3.8) is 0 Å². The number of halogens is 3. The van der Waals surface area contributed by atoms with Gasteiger partial charge in [0.15, 0.2) is 17.4 Å². The SMILES string of the molecule is CC1CCCC(=O)CN1C(=O)C[C@H](N)Cc1cc(F)c(F)cc1F. The summed E-state index contributed by atoms with van der Waals surface area (Å²) in [6.45, 7) is 1.93. The standard InChI is InChI=1S/C17H21F3N2O2/c1-10-3-2-4-13(23)9-22(10)17(24)7-12(21)5-11-6-15(19)16(20)8-14(11)18/h6,8,10,12H,2-5,7,9,21H2,1H3/t10?,12-/m1/s1. The van der Waals surface area contributed by atoms with Gasteiger partial charge in [-0.15, -0.1) is 0 Å². The van der Waals surface area contributed by atoms with Gasteiger partial charge in [-0.25, -0.2) is 13.2 Å². The van der Waals surface area contributed by atoms with Crippen molar-refractivity contribution in [1.29, 1.82) is 0 Å². The molecule has 1 aromatic carbocycles. The van der Waals surface area contributed by atoms with E-state index in [1.807, 2.05) is 6.92 Å². The fraction of sp³-hybridized carbons (Fsp3) is 0.529. The third-order valence-electron chi connectivity index (χ3n) is 4.28. The van der Waals surface area contributed by atoms with E-state index in [-0.39, 0.29) is 42.7 Å². The van der Waals surface area contributed by atoms with Crippen LogP contribution in [0.4, 0.5) is 13.2 Å². The van der Waals surface area contributed by atoms with Crippen LogP contribution < -0.4 is 5.73 Å². The molecule has 7 heteroatoms. The molecule has 0 bridgehead atoms. The van der Waals surface area contributed by atoms with Crippen LogP contribution in [0.15, 0.2) is 12.1 Å². The largest absolute Gasteiger partial charge is 0.333 e. The highest BCUT2D eigenvalue weighted by atomic mass is 19.2. The number of carbonyl (C=O) groups is 2. The summed E-state index contributed by atoms with van der Waals surface area (Å²) in [6.07, 6.45) is 1.77. The van der Waals surface area contributed by atoms with E-state index < -0.39 is 23.5 Å². The highest BCUT2D eigenvalue weighted by Crippen LogP contribution is 2.18. The Balaban J connectivity index is 2.01. The maximum Gasteiger partial charge on any atom is 0.224 e. The molecule has 0 spiro atoms. The van der Waals surface area contributed by atoms with Crippen molar-refractivity contribution in [2.24, 2.45) is 5.73 Å². The number of Topliss-reactive ketones (excluding diaryl/α,β-unsaturated/α-hetero) is 1. The van der Waals surface area contributed by atoms with Crippen LogP contribution >= 0.6 is 0 Å². The lowest BCUT2D eigenvalue weighted by atomic mass is 10.0. The van der Waals surface area contributed by atoms with Crippen molar-refractivity contribution < 1.29 is 22.8 Å². The normalized spacial score (nSPS) is 20.0. The number of carbonyl (C=O) groups excluding carboxylic acids is 2. The smallest absolute Gasteiger partial charge is 0.224 e. The topological polar surface area (TPSA) is 63.4 Å². The van der Waals surface area contributed by atoms with Crippen molar-refractivity contribution in [3.8, 4) is 0 Å². The molecule has 1 unspecified atom stereocenters. The van der Waals surface area contributed by atoms with E-state index in [2.05, 4.69) is 0 Å². The van der Waals surface area contributed by atoms with Gasteiger partial charge in [0.2, 0.25) is 5.91 Å². The van der Waals surface area contributed by atoms with Crippen molar-refractivity contribution in [3.05, 3.63) is 35.1 Å². The number of benzene rings is 1. The Morgan fingerprint density at radius 3 is 2.67 bits per heavy atom. The van der Waals surface area contributed by atoms with E-state index in [0.717, 1.165) is 18.9 Å². The van der Waals surface area contributed by atoms with E-state index >= 15 is 0 Å². The molecule has 1 amide bonds. The summed E-state index contributed by atoms with van der Waals surface area (Å²) >= 11 is 0. The van der Waals surface area contributed by atoms with Crippen molar-refractivity contribution in [2.45, 2.75) is 51.1 Å². The second-order valence-electron chi connectivity index (χ2n) is 6.33. The molecule has 1 fully saturated rings. The van der Waals surface area contributed by atoms with Gasteiger partial charge in [-0.05, 0) is 37.8 Å². The summed E-state index contributed by atoms with van der Waals surface area (Å²) in [5.74, 6) is -3.59. The highest BCUT2D eigenvalue weighted by Gasteiger charge is 2.27. The molecule has 0 aromatic heterocycles. The highest BCUT2D eigenvalue weighted by molar-refractivity contribution is 5.86. The van der Waals surface area contributed by atoms with Crippen molar-refractivity contribution in [2.75, 3.05) is 6.54 Å². The number of amides is 1. The summed E-state index contributed by atoms with van der Waals surface area (Å²) in [5.41, 5.74) is 5.80. The maximum absolute atomic E-state index is 13.6.